The molecule has 1 aromatic heterocycles. The SMILES string of the molecule is CSc1ccc(CN(C)C/C(O)=C(\C#N)c2nc3ccccc3[nH]2)cc1. The molecule has 0 saturated carbocycles. The van der Waals surface area contributed by atoms with Crippen LogP contribution in [0.5, 0.6) is 0 Å². The van der Waals surface area contributed by atoms with Gasteiger partial charge < -0.3 is 10.1 Å². The van der Waals surface area contributed by atoms with Gasteiger partial charge in [-0.15, -0.1) is 11.8 Å². The van der Waals surface area contributed by atoms with E-state index in [1.54, 1.807) is 11.8 Å². The molecule has 0 aliphatic rings. The zero-order valence-corrected chi connectivity index (χ0v) is 15.5. The number of nitriles is 1. The van der Waals surface area contributed by atoms with Crippen molar-refractivity contribution in [3.8, 4) is 6.07 Å². The van der Waals surface area contributed by atoms with E-state index in [1.165, 1.54) is 4.90 Å². The van der Waals surface area contributed by atoms with E-state index in [4.69, 9.17) is 0 Å². The summed E-state index contributed by atoms with van der Waals surface area (Å²) < 4.78 is 0. The van der Waals surface area contributed by atoms with Gasteiger partial charge >= 0.3 is 0 Å². The molecule has 0 saturated heterocycles. The van der Waals surface area contributed by atoms with Crippen molar-refractivity contribution in [2.75, 3.05) is 19.8 Å². The Balaban J connectivity index is 1.76. The maximum Gasteiger partial charge on any atom is 0.152 e. The number of hydrogen-bond donors (Lipinski definition) is 2. The number of rotatable bonds is 6. The molecule has 5 nitrogen and oxygen atoms in total. The van der Waals surface area contributed by atoms with Crippen LogP contribution in [0, 0.1) is 11.3 Å². The molecule has 0 bridgehead atoms. The van der Waals surface area contributed by atoms with E-state index in [-0.39, 0.29) is 17.9 Å². The van der Waals surface area contributed by atoms with Crippen LogP contribution in [0.3, 0.4) is 0 Å². The summed E-state index contributed by atoms with van der Waals surface area (Å²) in [5.74, 6) is 0.402. The van der Waals surface area contributed by atoms with Crippen molar-refractivity contribution in [3.05, 3.63) is 65.7 Å². The van der Waals surface area contributed by atoms with E-state index in [1.807, 2.05) is 42.5 Å². The summed E-state index contributed by atoms with van der Waals surface area (Å²) >= 11 is 1.71. The molecular weight excluding hydrogens is 344 g/mol. The number of likely N-dealkylation sites (N-methyl/N-ethyl adjacent to an activating group) is 1. The van der Waals surface area contributed by atoms with Crippen LogP contribution < -0.4 is 0 Å². The number of nitrogens with one attached hydrogen (secondary N) is 1. The minimum absolute atomic E-state index is 0.00906. The molecule has 0 radical (unpaired) electrons. The van der Waals surface area contributed by atoms with Crippen molar-refractivity contribution in [1.82, 2.24) is 14.9 Å². The number of nitrogens with zero attached hydrogens (tertiary/aromatic N) is 3. The number of aromatic amines is 1. The Morgan fingerprint density at radius 2 is 1.96 bits per heavy atom. The molecule has 6 heteroatoms. The number of para-hydroxylation sites is 2. The van der Waals surface area contributed by atoms with Gasteiger partial charge in [0, 0.05) is 11.4 Å². The Bertz CT molecular complexity index is 936. The highest BCUT2D eigenvalue weighted by Gasteiger charge is 2.14. The van der Waals surface area contributed by atoms with E-state index in [2.05, 4.69) is 40.3 Å². The molecule has 0 aliphatic heterocycles. The molecule has 0 unspecified atom stereocenters. The molecule has 3 aromatic rings. The molecule has 0 spiro atoms. The van der Waals surface area contributed by atoms with Gasteiger partial charge in [0.05, 0.1) is 17.6 Å². The van der Waals surface area contributed by atoms with Gasteiger partial charge in [-0.3, -0.25) is 4.90 Å². The first-order valence-electron chi connectivity index (χ1n) is 8.19. The van der Waals surface area contributed by atoms with E-state index < -0.39 is 0 Å². The predicted octanol–water partition coefficient (Wildman–Crippen LogP) is 4.21. The lowest BCUT2D eigenvalue weighted by Gasteiger charge is -2.17. The molecule has 0 aliphatic carbocycles. The molecule has 0 atom stereocenters. The second-order valence-electron chi connectivity index (χ2n) is 6.06. The second kappa shape index (κ2) is 8.09. The van der Waals surface area contributed by atoms with Crippen LogP contribution in [0.15, 0.2) is 59.2 Å². The molecule has 0 fully saturated rings. The molecule has 2 N–H and O–H groups in total. The van der Waals surface area contributed by atoms with Gasteiger partial charge in [-0.05, 0) is 43.1 Å². The maximum absolute atomic E-state index is 10.5. The average molecular weight is 364 g/mol. The van der Waals surface area contributed by atoms with Gasteiger partial charge in [-0.25, -0.2) is 4.98 Å². The Morgan fingerprint density at radius 1 is 1.23 bits per heavy atom. The molecule has 26 heavy (non-hydrogen) atoms. The zero-order valence-electron chi connectivity index (χ0n) is 14.7. The smallest absolute Gasteiger partial charge is 0.152 e. The van der Waals surface area contributed by atoms with Crippen LogP contribution in [0.4, 0.5) is 0 Å². The predicted molar refractivity (Wildman–Crippen MR) is 106 cm³/mol. The summed E-state index contributed by atoms with van der Waals surface area (Å²) in [7, 11) is 1.91. The molecule has 3 rings (SSSR count). The number of allylic oxidation sites excluding steroid dienone is 1. The number of thioether (sulfide) groups is 1. The highest BCUT2D eigenvalue weighted by molar-refractivity contribution is 7.98. The van der Waals surface area contributed by atoms with Crippen LogP contribution in [0.2, 0.25) is 0 Å². The highest BCUT2D eigenvalue weighted by atomic mass is 32.2. The van der Waals surface area contributed by atoms with Crippen molar-refractivity contribution < 1.29 is 5.11 Å². The number of aromatic nitrogens is 2. The van der Waals surface area contributed by atoms with Crippen molar-refractivity contribution in [1.29, 1.82) is 5.26 Å². The number of benzene rings is 2. The summed E-state index contributed by atoms with van der Waals surface area (Å²) in [5.41, 5.74) is 2.93. The fraction of sp³-hybridized carbons (Fsp3) is 0.200. The third-order valence-electron chi connectivity index (χ3n) is 4.06. The van der Waals surface area contributed by atoms with E-state index in [0.717, 1.165) is 16.6 Å². The van der Waals surface area contributed by atoms with Crippen LogP contribution in [-0.2, 0) is 6.54 Å². The second-order valence-corrected chi connectivity index (χ2v) is 6.94. The number of hydrogen-bond acceptors (Lipinski definition) is 5. The van der Waals surface area contributed by atoms with Crippen LogP contribution >= 0.6 is 11.8 Å². The summed E-state index contributed by atoms with van der Waals surface area (Å²) in [5, 5.41) is 20.0. The largest absolute Gasteiger partial charge is 0.509 e. The van der Waals surface area contributed by atoms with Crippen molar-refractivity contribution in [3.63, 3.8) is 0 Å². The minimum Gasteiger partial charge on any atom is -0.509 e. The van der Waals surface area contributed by atoms with Crippen molar-refractivity contribution in [2.45, 2.75) is 11.4 Å². The third kappa shape index (κ3) is 4.07. The number of imidazole rings is 1. The summed E-state index contributed by atoms with van der Waals surface area (Å²) in [6, 6.07) is 17.9. The third-order valence-corrected chi connectivity index (χ3v) is 4.80. The summed E-state index contributed by atoms with van der Waals surface area (Å²) in [6.07, 6.45) is 2.05. The Kier molecular flexibility index (Phi) is 5.61. The molecular formula is C20H20N4OS. The molecule has 0 amide bonds. The summed E-state index contributed by atoms with van der Waals surface area (Å²) in [4.78, 5) is 10.7. The zero-order chi connectivity index (χ0) is 18.5. The van der Waals surface area contributed by atoms with Crippen molar-refractivity contribution in [2.24, 2.45) is 0 Å². The molecule has 132 valence electrons. The number of H-pyrrole nitrogens is 1. The van der Waals surface area contributed by atoms with E-state index >= 15 is 0 Å². The standard InChI is InChI=1S/C20H20N4OS/c1-24(12-14-7-9-15(26-2)10-8-14)13-19(25)16(11-21)20-22-17-5-3-4-6-18(17)23-20/h3-10,25H,12-13H2,1-2H3,(H,22,23)/b19-16-. The van der Waals surface area contributed by atoms with Crippen LogP contribution in [0.1, 0.15) is 11.4 Å². The molecule has 1 heterocycles. The Labute approximate surface area is 157 Å². The van der Waals surface area contributed by atoms with Gasteiger partial charge in [0.25, 0.3) is 0 Å². The highest BCUT2D eigenvalue weighted by Crippen LogP contribution is 2.20. The first-order valence-corrected chi connectivity index (χ1v) is 9.42. The Hall–Kier alpha value is -2.75. The van der Waals surface area contributed by atoms with E-state index in [9.17, 15) is 10.4 Å². The fourth-order valence-corrected chi connectivity index (χ4v) is 3.17. The van der Waals surface area contributed by atoms with Gasteiger partial charge in [-0.2, -0.15) is 5.26 Å². The van der Waals surface area contributed by atoms with Gasteiger partial charge in [-0.1, -0.05) is 24.3 Å². The average Bonchev–Trinajstić information content (AvgIpc) is 3.06. The van der Waals surface area contributed by atoms with Crippen molar-refractivity contribution >= 4 is 28.4 Å². The number of aliphatic hydroxyl groups is 1. The fourth-order valence-electron chi connectivity index (χ4n) is 2.76. The van der Waals surface area contributed by atoms with Gasteiger partial charge in [0.1, 0.15) is 17.4 Å². The van der Waals surface area contributed by atoms with Gasteiger partial charge in [0.2, 0.25) is 0 Å². The van der Waals surface area contributed by atoms with Gasteiger partial charge in [0.15, 0.2) is 5.82 Å². The lowest BCUT2D eigenvalue weighted by molar-refractivity contribution is 0.286. The lowest BCUT2D eigenvalue weighted by Crippen LogP contribution is -2.21. The summed E-state index contributed by atoms with van der Waals surface area (Å²) in [6.45, 7) is 0.946. The Morgan fingerprint density at radius 3 is 2.62 bits per heavy atom. The quantitative estimate of drug-likeness (QED) is 0.389. The van der Waals surface area contributed by atoms with Crippen LogP contribution in [0.25, 0.3) is 16.6 Å². The minimum atomic E-state index is 0.00906. The maximum atomic E-state index is 10.5. The first-order chi connectivity index (χ1) is 12.6. The monoisotopic (exact) mass is 364 g/mol. The van der Waals surface area contributed by atoms with E-state index in [0.29, 0.717) is 12.4 Å². The lowest BCUT2D eigenvalue weighted by atomic mass is 10.2. The number of fused-ring (bicyclic) bond motifs is 1. The molecule has 2 aromatic carbocycles. The van der Waals surface area contributed by atoms with Crippen LogP contribution in [-0.4, -0.2) is 39.8 Å². The normalized spacial score (nSPS) is 12.2. The first kappa shape index (κ1) is 18.1. The topological polar surface area (TPSA) is 75.9 Å². The number of aliphatic hydroxyl groups excluding tert-OH is 1.